The monoisotopic (exact) mass is 175 g/mol. The molecule has 0 amide bonds. The summed E-state index contributed by atoms with van der Waals surface area (Å²) in [6.07, 6.45) is 0.392. The second-order valence-corrected chi connectivity index (χ2v) is 4.07. The molecule has 1 atom stereocenters. The third kappa shape index (κ3) is 7.98. The van der Waals surface area contributed by atoms with Gasteiger partial charge in [0.05, 0.1) is 6.10 Å². The molecule has 0 aliphatic heterocycles. The first-order valence-electron chi connectivity index (χ1n) is 4.38. The minimum Gasteiger partial charge on any atom is -0.392 e. The lowest BCUT2D eigenvalue weighted by Crippen LogP contribution is -2.41. The molecule has 3 heteroatoms. The Morgan fingerprint density at radius 2 is 2.00 bits per heavy atom. The van der Waals surface area contributed by atoms with Crippen molar-refractivity contribution < 1.29 is 9.84 Å². The molecule has 0 aliphatic rings. The highest BCUT2D eigenvalue weighted by Gasteiger charge is 2.11. The third-order valence-electron chi connectivity index (χ3n) is 1.52. The fourth-order valence-electron chi connectivity index (χ4n) is 0.780. The Morgan fingerprint density at radius 1 is 1.42 bits per heavy atom. The van der Waals surface area contributed by atoms with Gasteiger partial charge in [-0.25, -0.2) is 0 Å². The van der Waals surface area contributed by atoms with Crippen LogP contribution >= 0.6 is 0 Å². The lowest BCUT2D eigenvalue weighted by molar-refractivity contribution is 0.104. The number of nitrogens with one attached hydrogen (secondary N) is 1. The first kappa shape index (κ1) is 11.9. The predicted molar refractivity (Wildman–Crippen MR) is 50.3 cm³/mol. The second kappa shape index (κ2) is 5.51. The molecule has 0 saturated heterocycles. The predicted octanol–water partition coefficient (Wildman–Crippen LogP) is 0.772. The first-order chi connectivity index (χ1) is 5.45. The van der Waals surface area contributed by atoms with Gasteiger partial charge in [0.15, 0.2) is 0 Å². The van der Waals surface area contributed by atoms with Crippen LogP contribution in [0.1, 0.15) is 27.2 Å². The van der Waals surface area contributed by atoms with Gasteiger partial charge >= 0.3 is 0 Å². The summed E-state index contributed by atoms with van der Waals surface area (Å²) in [5.41, 5.74) is 0.0774. The van der Waals surface area contributed by atoms with Gasteiger partial charge in [-0.2, -0.15) is 0 Å². The number of methoxy groups -OCH3 is 1. The zero-order chi connectivity index (χ0) is 9.61. The van der Waals surface area contributed by atoms with Gasteiger partial charge in [0.2, 0.25) is 0 Å². The number of hydrogen-bond acceptors (Lipinski definition) is 3. The molecule has 3 nitrogen and oxygen atoms in total. The highest BCUT2D eigenvalue weighted by molar-refractivity contribution is 4.72. The van der Waals surface area contributed by atoms with E-state index < -0.39 is 0 Å². The number of aliphatic hydroxyl groups is 1. The molecule has 0 heterocycles. The van der Waals surface area contributed by atoms with Gasteiger partial charge in [0.25, 0.3) is 0 Å². The van der Waals surface area contributed by atoms with E-state index in [9.17, 15) is 5.11 Å². The molecule has 0 aromatic rings. The Morgan fingerprint density at radius 3 is 2.42 bits per heavy atom. The van der Waals surface area contributed by atoms with Crippen LogP contribution in [-0.4, -0.2) is 37.0 Å². The van der Waals surface area contributed by atoms with E-state index in [4.69, 9.17) is 4.74 Å². The normalized spacial score (nSPS) is 14.8. The molecule has 0 radical (unpaired) electrons. The molecule has 2 N–H and O–H groups in total. The third-order valence-corrected chi connectivity index (χ3v) is 1.52. The molecule has 0 rings (SSSR count). The van der Waals surface area contributed by atoms with Crippen LogP contribution in [-0.2, 0) is 4.74 Å². The summed E-state index contributed by atoms with van der Waals surface area (Å²) in [7, 11) is 1.64. The Hall–Kier alpha value is -0.120. The fraction of sp³-hybridized carbons (Fsp3) is 1.00. The molecule has 0 aliphatic carbocycles. The molecule has 12 heavy (non-hydrogen) atoms. The maximum absolute atomic E-state index is 9.40. The molecule has 0 bridgehead atoms. The lowest BCUT2D eigenvalue weighted by atomic mass is 10.1. The van der Waals surface area contributed by atoms with E-state index >= 15 is 0 Å². The molecule has 0 aromatic carbocycles. The van der Waals surface area contributed by atoms with Crippen molar-refractivity contribution in [3.8, 4) is 0 Å². The van der Waals surface area contributed by atoms with Gasteiger partial charge in [-0.15, -0.1) is 0 Å². The van der Waals surface area contributed by atoms with Gasteiger partial charge in [-0.05, 0) is 27.2 Å². The van der Waals surface area contributed by atoms with Crippen molar-refractivity contribution in [3.05, 3.63) is 0 Å². The molecule has 0 spiro atoms. The smallest absolute Gasteiger partial charge is 0.0686 e. The van der Waals surface area contributed by atoms with Crippen molar-refractivity contribution in [1.82, 2.24) is 5.32 Å². The molecule has 0 aromatic heterocycles. The highest BCUT2D eigenvalue weighted by atomic mass is 16.5. The quantitative estimate of drug-likeness (QED) is 0.648. The fourth-order valence-corrected chi connectivity index (χ4v) is 0.780. The van der Waals surface area contributed by atoms with Gasteiger partial charge in [0.1, 0.15) is 0 Å². The van der Waals surface area contributed by atoms with E-state index in [0.29, 0.717) is 19.6 Å². The van der Waals surface area contributed by atoms with Crippen LogP contribution in [0.15, 0.2) is 0 Å². The maximum atomic E-state index is 9.40. The van der Waals surface area contributed by atoms with Crippen LogP contribution in [0.4, 0.5) is 0 Å². The summed E-state index contributed by atoms with van der Waals surface area (Å²) < 4.78 is 4.86. The Bertz CT molecular complexity index is 110. The summed E-state index contributed by atoms with van der Waals surface area (Å²) in [5.74, 6) is 0. The van der Waals surface area contributed by atoms with E-state index in [0.717, 1.165) is 0 Å². The summed E-state index contributed by atoms with van der Waals surface area (Å²) in [6.45, 7) is 7.49. The minimum absolute atomic E-state index is 0.0774. The SMILES string of the molecule is COCCC(O)CNC(C)(C)C. The standard InChI is InChI=1S/C9H21NO2/c1-9(2,3)10-7-8(11)5-6-12-4/h8,10-11H,5-7H2,1-4H3. The molecular formula is C9H21NO2. The van der Waals surface area contributed by atoms with Crippen molar-refractivity contribution in [3.63, 3.8) is 0 Å². The minimum atomic E-state index is -0.302. The van der Waals surface area contributed by atoms with Crippen LogP contribution in [0.25, 0.3) is 0 Å². The van der Waals surface area contributed by atoms with Crippen LogP contribution in [0, 0.1) is 0 Å². The summed E-state index contributed by atoms with van der Waals surface area (Å²) >= 11 is 0. The second-order valence-electron chi connectivity index (χ2n) is 4.07. The number of aliphatic hydroxyl groups excluding tert-OH is 1. The van der Waals surface area contributed by atoms with Gasteiger partial charge in [-0.1, -0.05) is 0 Å². The largest absolute Gasteiger partial charge is 0.392 e. The number of ether oxygens (including phenoxy) is 1. The van der Waals surface area contributed by atoms with E-state index in [-0.39, 0.29) is 11.6 Å². The van der Waals surface area contributed by atoms with Gasteiger partial charge in [-0.3, -0.25) is 0 Å². The zero-order valence-corrected chi connectivity index (χ0v) is 8.55. The van der Waals surface area contributed by atoms with Crippen LogP contribution in [0.3, 0.4) is 0 Å². The van der Waals surface area contributed by atoms with Gasteiger partial charge in [0, 0.05) is 25.8 Å². The molecule has 1 unspecified atom stereocenters. The Balaban J connectivity index is 3.37. The molecule has 0 saturated carbocycles. The summed E-state index contributed by atoms with van der Waals surface area (Å²) in [5, 5.41) is 12.6. The molecule has 74 valence electrons. The van der Waals surface area contributed by atoms with Crippen LogP contribution < -0.4 is 5.32 Å². The van der Waals surface area contributed by atoms with Crippen molar-refractivity contribution in [1.29, 1.82) is 0 Å². The lowest BCUT2D eigenvalue weighted by Gasteiger charge is -2.22. The zero-order valence-electron chi connectivity index (χ0n) is 8.55. The highest BCUT2D eigenvalue weighted by Crippen LogP contribution is 1.99. The van der Waals surface area contributed by atoms with E-state index in [1.54, 1.807) is 7.11 Å². The first-order valence-corrected chi connectivity index (χ1v) is 4.38. The molecular weight excluding hydrogens is 154 g/mol. The Labute approximate surface area is 75.1 Å². The van der Waals surface area contributed by atoms with Crippen molar-refractivity contribution in [2.75, 3.05) is 20.3 Å². The van der Waals surface area contributed by atoms with Crippen molar-refractivity contribution in [2.45, 2.75) is 38.8 Å². The number of rotatable bonds is 5. The molecule has 0 fully saturated rings. The topological polar surface area (TPSA) is 41.5 Å². The van der Waals surface area contributed by atoms with Crippen LogP contribution in [0.2, 0.25) is 0 Å². The van der Waals surface area contributed by atoms with E-state index in [2.05, 4.69) is 26.1 Å². The number of hydrogen-bond donors (Lipinski definition) is 2. The average Bonchev–Trinajstić information content (AvgIpc) is 1.95. The summed E-state index contributed by atoms with van der Waals surface area (Å²) in [4.78, 5) is 0. The average molecular weight is 175 g/mol. The van der Waals surface area contributed by atoms with Crippen LogP contribution in [0.5, 0.6) is 0 Å². The maximum Gasteiger partial charge on any atom is 0.0686 e. The van der Waals surface area contributed by atoms with Crippen molar-refractivity contribution >= 4 is 0 Å². The summed E-state index contributed by atoms with van der Waals surface area (Å²) in [6, 6.07) is 0. The van der Waals surface area contributed by atoms with Crippen molar-refractivity contribution in [2.24, 2.45) is 0 Å². The Kier molecular flexibility index (Phi) is 5.46. The van der Waals surface area contributed by atoms with E-state index in [1.807, 2.05) is 0 Å². The number of β-amino-alcohol motifs (C(OH)–C–C–N with tert-alkyl or cyclic N) is 1. The van der Waals surface area contributed by atoms with E-state index in [1.165, 1.54) is 0 Å². The van der Waals surface area contributed by atoms with Gasteiger partial charge < -0.3 is 15.2 Å².